The molecule has 0 bridgehead atoms. The Morgan fingerprint density at radius 3 is 2.95 bits per heavy atom. The minimum atomic E-state index is 0.806. The van der Waals surface area contributed by atoms with Crippen LogP contribution < -0.4 is 5.32 Å². The lowest BCUT2D eigenvalue weighted by molar-refractivity contribution is 0.564. The van der Waals surface area contributed by atoms with Gasteiger partial charge in [-0.3, -0.25) is 0 Å². The number of para-hydroxylation sites is 1. The second-order valence-electron chi connectivity index (χ2n) is 4.92. The zero-order valence-corrected chi connectivity index (χ0v) is 11.8. The minimum absolute atomic E-state index is 0.806. The van der Waals surface area contributed by atoms with Crippen molar-refractivity contribution >= 4 is 11.0 Å². The van der Waals surface area contributed by atoms with E-state index < -0.39 is 0 Å². The number of aromatic nitrogens is 3. The molecule has 104 valence electrons. The summed E-state index contributed by atoms with van der Waals surface area (Å²) in [6.07, 6.45) is 2.59. The smallest absolute Gasteiger partial charge is 0.134 e. The summed E-state index contributed by atoms with van der Waals surface area (Å²) < 4.78 is 7.70. The maximum Gasteiger partial charge on any atom is 0.134 e. The molecule has 5 heteroatoms. The van der Waals surface area contributed by atoms with Crippen LogP contribution in [0.1, 0.15) is 17.1 Å². The van der Waals surface area contributed by atoms with Gasteiger partial charge in [-0.2, -0.15) is 0 Å². The van der Waals surface area contributed by atoms with E-state index in [0.29, 0.717) is 0 Å². The molecule has 0 atom stereocenters. The number of hydrogen-bond acceptors (Lipinski definition) is 4. The number of nitrogens with zero attached hydrogens (tertiary/aromatic N) is 3. The van der Waals surface area contributed by atoms with Gasteiger partial charge in [0, 0.05) is 37.5 Å². The SMILES string of the molecule is Cc1oc2ccccc2c1CNCCc1nncn1C. The lowest BCUT2D eigenvalue weighted by Crippen LogP contribution is -2.18. The largest absolute Gasteiger partial charge is 0.461 e. The second-order valence-corrected chi connectivity index (χ2v) is 4.92. The maximum atomic E-state index is 5.75. The number of furan rings is 1. The van der Waals surface area contributed by atoms with Gasteiger partial charge in [0.2, 0.25) is 0 Å². The first kappa shape index (κ1) is 12.9. The highest BCUT2D eigenvalue weighted by atomic mass is 16.3. The first-order valence-corrected chi connectivity index (χ1v) is 6.76. The van der Waals surface area contributed by atoms with Gasteiger partial charge in [-0.1, -0.05) is 18.2 Å². The molecule has 0 aliphatic heterocycles. The molecule has 0 amide bonds. The van der Waals surface area contributed by atoms with E-state index in [4.69, 9.17) is 4.42 Å². The quantitative estimate of drug-likeness (QED) is 0.722. The molecule has 0 fully saturated rings. The number of rotatable bonds is 5. The zero-order chi connectivity index (χ0) is 13.9. The molecule has 1 aromatic carbocycles. The summed E-state index contributed by atoms with van der Waals surface area (Å²) in [6, 6.07) is 8.15. The van der Waals surface area contributed by atoms with Crippen LogP contribution in [-0.4, -0.2) is 21.3 Å². The minimum Gasteiger partial charge on any atom is -0.461 e. The highest BCUT2D eigenvalue weighted by molar-refractivity contribution is 5.82. The summed E-state index contributed by atoms with van der Waals surface area (Å²) in [4.78, 5) is 0. The van der Waals surface area contributed by atoms with Gasteiger partial charge in [-0.25, -0.2) is 0 Å². The molecule has 0 aliphatic carbocycles. The van der Waals surface area contributed by atoms with Crippen LogP contribution in [0.3, 0.4) is 0 Å². The van der Waals surface area contributed by atoms with E-state index in [2.05, 4.69) is 21.6 Å². The third-order valence-corrected chi connectivity index (χ3v) is 3.53. The van der Waals surface area contributed by atoms with Crippen LogP contribution in [0.5, 0.6) is 0 Å². The molecule has 0 saturated carbocycles. The molecule has 0 unspecified atom stereocenters. The third-order valence-electron chi connectivity index (χ3n) is 3.53. The van der Waals surface area contributed by atoms with E-state index in [1.54, 1.807) is 6.33 Å². The highest BCUT2D eigenvalue weighted by Crippen LogP contribution is 2.24. The topological polar surface area (TPSA) is 55.9 Å². The van der Waals surface area contributed by atoms with Crippen molar-refractivity contribution in [2.75, 3.05) is 6.54 Å². The zero-order valence-electron chi connectivity index (χ0n) is 11.8. The monoisotopic (exact) mass is 270 g/mol. The molecule has 2 aromatic heterocycles. The fourth-order valence-corrected chi connectivity index (χ4v) is 2.39. The summed E-state index contributed by atoms with van der Waals surface area (Å²) >= 11 is 0. The Bertz CT molecular complexity index is 714. The van der Waals surface area contributed by atoms with Crippen LogP contribution in [0.4, 0.5) is 0 Å². The molecule has 20 heavy (non-hydrogen) atoms. The van der Waals surface area contributed by atoms with E-state index in [0.717, 1.165) is 36.7 Å². The van der Waals surface area contributed by atoms with Gasteiger partial charge >= 0.3 is 0 Å². The molecule has 0 saturated heterocycles. The summed E-state index contributed by atoms with van der Waals surface area (Å²) in [5.41, 5.74) is 2.19. The van der Waals surface area contributed by atoms with E-state index in [-0.39, 0.29) is 0 Å². The van der Waals surface area contributed by atoms with Crippen molar-refractivity contribution in [3.05, 3.63) is 47.7 Å². The van der Waals surface area contributed by atoms with Crippen molar-refractivity contribution in [2.24, 2.45) is 7.05 Å². The van der Waals surface area contributed by atoms with Crippen molar-refractivity contribution in [3.63, 3.8) is 0 Å². The molecule has 3 rings (SSSR count). The van der Waals surface area contributed by atoms with Crippen molar-refractivity contribution in [1.29, 1.82) is 0 Å². The number of nitrogens with one attached hydrogen (secondary N) is 1. The Labute approximate surface area is 117 Å². The van der Waals surface area contributed by atoms with Crippen LogP contribution in [-0.2, 0) is 20.0 Å². The van der Waals surface area contributed by atoms with Gasteiger partial charge in [-0.15, -0.1) is 10.2 Å². The van der Waals surface area contributed by atoms with Crippen molar-refractivity contribution < 1.29 is 4.42 Å². The summed E-state index contributed by atoms with van der Waals surface area (Å²) in [7, 11) is 1.96. The van der Waals surface area contributed by atoms with Gasteiger partial charge in [0.15, 0.2) is 0 Å². The Kier molecular flexibility index (Phi) is 3.52. The lowest BCUT2D eigenvalue weighted by atomic mass is 10.1. The first-order chi connectivity index (χ1) is 9.75. The number of hydrogen-bond donors (Lipinski definition) is 1. The van der Waals surface area contributed by atoms with E-state index in [1.807, 2.05) is 36.7 Å². The summed E-state index contributed by atoms with van der Waals surface area (Å²) in [6.45, 7) is 3.69. The van der Waals surface area contributed by atoms with Gasteiger partial charge in [-0.05, 0) is 13.0 Å². The summed E-state index contributed by atoms with van der Waals surface area (Å²) in [5, 5.41) is 12.6. The third kappa shape index (κ3) is 2.44. The number of aryl methyl sites for hydroxylation is 2. The van der Waals surface area contributed by atoms with Crippen molar-refractivity contribution in [2.45, 2.75) is 19.9 Å². The van der Waals surface area contributed by atoms with E-state index in [1.165, 1.54) is 10.9 Å². The molecule has 2 heterocycles. The molecule has 0 spiro atoms. The van der Waals surface area contributed by atoms with E-state index >= 15 is 0 Å². The van der Waals surface area contributed by atoms with Crippen LogP contribution in [0.2, 0.25) is 0 Å². The predicted molar refractivity (Wildman–Crippen MR) is 77.4 cm³/mol. The summed E-state index contributed by atoms with van der Waals surface area (Å²) in [5.74, 6) is 1.98. The molecule has 1 N–H and O–H groups in total. The molecule has 0 radical (unpaired) electrons. The molecular weight excluding hydrogens is 252 g/mol. The molecule has 5 nitrogen and oxygen atoms in total. The predicted octanol–water partition coefficient (Wildman–Crippen LogP) is 2.20. The standard InChI is InChI=1S/C15H18N4O/c1-11-13(12-5-3-4-6-14(12)20-11)9-16-8-7-15-18-17-10-19(15)2/h3-6,10,16H,7-9H2,1-2H3. The Morgan fingerprint density at radius 2 is 2.15 bits per heavy atom. The Morgan fingerprint density at radius 1 is 1.30 bits per heavy atom. The highest BCUT2D eigenvalue weighted by Gasteiger charge is 2.09. The second kappa shape index (κ2) is 5.46. The molecule has 0 aliphatic rings. The first-order valence-electron chi connectivity index (χ1n) is 6.76. The van der Waals surface area contributed by atoms with Gasteiger partial charge < -0.3 is 14.3 Å². The maximum absolute atomic E-state index is 5.75. The molecular formula is C15H18N4O. The van der Waals surface area contributed by atoms with Crippen LogP contribution in [0.15, 0.2) is 35.0 Å². The fraction of sp³-hybridized carbons (Fsp3) is 0.333. The Balaban J connectivity index is 1.63. The van der Waals surface area contributed by atoms with Crippen LogP contribution in [0.25, 0.3) is 11.0 Å². The number of benzene rings is 1. The van der Waals surface area contributed by atoms with E-state index in [9.17, 15) is 0 Å². The average molecular weight is 270 g/mol. The van der Waals surface area contributed by atoms with Gasteiger partial charge in [0.1, 0.15) is 23.5 Å². The normalized spacial score (nSPS) is 11.3. The average Bonchev–Trinajstić information content (AvgIpc) is 2.98. The number of fused-ring (bicyclic) bond motifs is 1. The van der Waals surface area contributed by atoms with Crippen molar-refractivity contribution in [1.82, 2.24) is 20.1 Å². The Hall–Kier alpha value is -2.14. The molecule has 3 aromatic rings. The van der Waals surface area contributed by atoms with Crippen LogP contribution in [0, 0.1) is 6.92 Å². The fourth-order valence-electron chi connectivity index (χ4n) is 2.39. The van der Waals surface area contributed by atoms with Crippen LogP contribution >= 0.6 is 0 Å². The van der Waals surface area contributed by atoms with Gasteiger partial charge in [0.05, 0.1) is 0 Å². The van der Waals surface area contributed by atoms with Gasteiger partial charge in [0.25, 0.3) is 0 Å². The van der Waals surface area contributed by atoms with Crippen molar-refractivity contribution in [3.8, 4) is 0 Å². The lowest BCUT2D eigenvalue weighted by Gasteiger charge is -2.04.